The fourth-order valence-electron chi connectivity index (χ4n) is 1.93. The van der Waals surface area contributed by atoms with Gasteiger partial charge in [0.2, 0.25) is 0 Å². The minimum atomic E-state index is -1.10. The number of aromatic nitrogens is 1. The van der Waals surface area contributed by atoms with Crippen molar-refractivity contribution in [3.8, 4) is 11.3 Å². The third-order valence-corrected chi connectivity index (χ3v) is 2.88. The van der Waals surface area contributed by atoms with Crippen molar-refractivity contribution in [3.63, 3.8) is 0 Å². The van der Waals surface area contributed by atoms with Gasteiger partial charge in [-0.1, -0.05) is 17.3 Å². The molecule has 1 aliphatic rings. The van der Waals surface area contributed by atoms with Crippen molar-refractivity contribution in [2.45, 2.75) is 0 Å². The zero-order valence-electron chi connectivity index (χ0n) is 9.98. The van der Waals surface area contributed by atoms with Crippen LogP contribution in [0.1, 0.15) is 10.5 Å². The molecule has 0 bridgehead atoms. The van der Waals surface area contributed by atoms with Gasteiger partial charge in [-0.15, -0.1) is 0 Å². The van der Waals surface area contributed by atoms with E-state index in [2.05, 4.69) is 10.1 Å². The van der Waals surface area contributed by atoms with Gasteiger partial charge < -0.3 is 14.5 Å². The minimum absolute atomic E-state index is 0.0943. The maximum atomic E-state index is 10.8. The lowest BCUT2D eigenvalue weighted by Gasteiger charge is -2.14. The number of carboxylic acids is 1. The molecule has 2 heterocycles. The number of carbonyl (C=O) groups is 1. The van der Waals surface area contributed by atoms with Gasteiger partial charge in [-0.3, -0.25) is 4.99 Å². The van der Waals surface area contributed by atoms with Crippen molar-refractivity contribution in [1.29, 1.82) is 0 Å². The Hall–Kier alpha value is -2.63. The van der Waals surface area contributed by atoms with Gasteiger partial charge in [0.1, 0.15) is 0 Å². The fraction of sp³-hybridized carbons (Fsp3) is 0.154. The first kappa shape index (κ1) is 11.5. The predicted octanol–water partition coefficient (Wildman–Crippen LogP) is 1.89. The van der Waals surface area contributed by atoms with Crippen LogP contribution >= 0.6 is 0 Å². The monoisotopic (exact) mass is 257 g/mol. The molecule has 6 heteroatoms. The molecule has 0 fully saturated rings. The normalized spacial score (nSPS) is 14.0. The van der Waals surface area contributed by atoms with E-state index in [0.717, 1.165) is 24.3 Å². The van der Waals surface area contributed by atoms with Crippen LogP contribution in [0.2, 0.25) is 0 Å². The van der Waals surface area contributed by atoms with E-state index in [1.807, 2.05) is 29.2 Å². The summed E-state index contributed by atoms with van der Waals surface area (Å²) in [5, 5.41) is 12.3. The molecule has 96 valence electrons. The Kier molecular flexibility index (Phi) is 2.75. The molecule has 0 radical (unpaired) electrons. The highest BCUT2D eigenvalue weighted by molar-refractivity contribution is 5.87. The SMILES string of the molecule is O=C(O)c1cc(-c2cccc(N3C=NCC3)c2)on1. The highest BCUT2D eigenvalue weighted by Crippen LogP contribution is 2.25. The summed E-state index contributed by atoms with van der Waals surface area (Å²) in [4.78, 5) is 17.0. The van der Waals surface area contributed by atoms with Gasteiger partial charge in [-0.05, 0) is 12.1 Å². The van der Waals surface area contributed by atoms with E-state index in [-0.39, 0.29) is 5.69 Å². The van der Waals surface area contributed by atoms with Gasteiger partial charge >= 0.3 is 5.97 Å². The van der Waals surface area contributed by atoms with Crippen molar-refractivity contribution < 1.29 is 14.4 Å². The molecule has 0 spiro atoms. The number of anilines is 1. The molecule has 6 nitrogen and oxygen atoms in total. The average molecular weight is 257 g/mol. The number of nitrogens with zero attached hydrogens (tertiary/aromatic N) is 3. The van der Waals surface area contributed by atoms with Crippen LogP contribution in [0.4, 0.5) is 5.69 Å². The van der Waals surface area contributed by atoms with Crippen molar-refractivity contribution in [2.24, 2.45) is 4.99 Å². The summed E-state index contributed by atoms with van der Waals surface area (Å²) in [7, 11) is 0. The van der Waals surface area contributed by atoms with Crippen LogP contribution in [0.5, 0.6) is 0 Å². The maximum absolute atomic E-state index is 10.8. The predicted molar refractivity (Wildman–Crippen MR) is 69.6 cm³/mol. The second-order valence-electron chi connectivity index (χ2n) is 4.15. The van der Waals surface area contributed by atoms with Crippen molar-refractivity contribution in [3.05, 3.63) is 36.0 Å². The Morgan fingerprint density at radius 3 is 2.95 bits per heavy atom. The van der Waals surface area contributed by atoms with E-state index in [1.54, 1.807) is 6.34 Å². The van der Waals surface area contributed by atoms with E-state index >= 15 is 0 Å². The molecule has 0 aliphatic carbocycles. The molecule has 19 heavy (non-hydrogen) atoms. The van der Waals surface area contributed by atoms with Crippen LogP contribution in [0, 0.1) is 0 Å². The summed E-state index contributed by atoms with van der Waals surface area (Å²) < 4.78 is 5.05. The van der Waals surface area contributed by atoms with Crippen LogP contribution < -0.4 is 4.90 Å². The Labute approximate surface area is 109 Å². The third-order valence-electron chi connectivity index (χ3n) is 2.88. The van der Waals surface area contributed by atoms with E-state index in [9.17, 15) is 4.79 Å². The number of rotatable bonds is 3. The van der Waals surface area contributed by atoms with Gasteiger partial charge in [0.25, 0.3) is 0 Å². The third kappa shape index (κ3) is 2.20. The molecule has 0 amide bonds. The smallest absolute Gasteiger partial charge is 0.358 e. The Balaban J connectivity index is 1.93. The zero-order valence-corrected chi connectivity index (χ0v) is 9.98. The molecule has 1 aromatic heterocycles. The Morgan fingerprint density at radius 2 is 2.26 bits per heavy atom. The van der Waals surface area contributed by atoms with Gasteiger partial charge in [0.15, 0.2) is 11.5 Å². The number of hydrogen-bond acceptors (Lipinski definition) is 5. The Morgan fingerprint density at radius 1 is 1.37 bits per heavy atom. The van der Waals surface area contributed by atoms with E-state index in [1.165, 1.54) is 6.07 Å². The minimum Gasteiger partial charge on any atom is -0.476 e. The highest BCUT2D eigenvalue weighted by atomic mass is 16.5. The van der Waals surface area contributed by atoms with Gasteiger partial charge in [0.05, 0.1) is 12.9 Å². The standard InChI is InChI=1S/C13H11N3O3/c17-13(18)11-7-12(19-15-11)9-2-1-3-10(6-9)16-5-4-14-8-16/h1-3,6-8H,4-5H2,(H,17,18). The van der Waals surface area contributed by atoms with E-state index in [4.69, 9.17) is 9.63 Å². The number of carboxylic acid groups (broad SMARTS) is 1. The second kappa shape index (κ2) is 4.56. The first-order valence-corrected chi connectivity index (χ1v) is 5.81. The Bertz CT molecular complexity index is 648. The van der Waals surface area contributed by atoms with E-state index in [0.29, 0.717) is 5.76 Å². The molecular formula is C13H11N3O3. The summed E-state index contributed by atoms with van der Waals surface area (Å²) in [6, 6.07) is 9.04. The highest BCUT2D eigenvalue weighted by Gasteiger charge is 2.14. The van der Waals surface area contributed by atoms with Crippen molar-refractivity contribution in [1.82, 2.24) is 5.16 Å². The molecule has 2 aromatic rings. The van der Waals surface area contributed by atoms with E-state index < -0.39 is 5.97 Å². The molecule has 0 unspecified atom stereocenters. The molecule has 1 N–H and O–H groups in total. The lowest BCUT2D eigenvalue weighted by atomic mass is 10.1. The lowest BCUT2D eigenvalue weighted by Crippen LogP contribution is -2.17. The topological polar surface area (TPSA) is 78.9 Å². The van der Waals surface area contributed by atoms with Crippen LogP contribution in [0.25, 0.3) is 11.3 Å². The maximum Gasteiger partial charge on any atom is 0.358 e. The number of aliphatic imine (C=N–C) groups is 1. The quantitative estimate of drug-likeness (QED) is 0.908. The largest absolute Gasteiger partial charge is 0.476 e. The molecular weight excluding hydrogens is 246 g/mol. The number of benzene rings is 1. The number of hydrogen-bond donors (Lipinski definition) is 1. The fourth-order valence-corrected chi connectivity index (χ4v) is 1.93. The number of aromatic carboxylic acids is 1. The summed E-state index contributed by atoms with van der Waals surface area (Å²) in [5.74, 6) is -0.659. The molecule has 0 saturated carbocycles. The van der Waals surface area contributed by atoms with Crippen molar-refractivity contribution in [2.75, 3.05) is 18.0 Å². The molecule has 1 aromatic carbocycles. The molecule has 0 atom stereocenters. The molecule has 1 aliphatic heterocycles. The lowest BCUT2D eigenvalue weighted by molar-refractivity contribution is 0.0686. The molecule has 3 rings (SSSR count). The average Bonchev–Trinajstić information content (AvgIpc) is 3.10. The van der Waals surface area contributed by atoms with Gasteiger partial charge in [0, 0.05) is 23.9 Å². The van der Waals surface area contributed by atoms with Gasteiger partial charge in [-0.25, -0.2) is 4.79 Å². The van der Waals surface area contributed by atoms with Crippen LogP contribution in [0.3, 0.4) is 0 Å². The van der Waals surface area contributed by atoms with Crippen LogP contribution in [-0.2, 0) is 0 Å². The first-order valence-electron chi connectivity index (χ1n) is 5.81. The van der Waals surface area contributed by atoms with Crippen LogP contribution in [-0.4, -0.2) is 35.7 Å². The van der Waals surface area contributed by atoms with Crippen molar-refractivity contribution >= 4 is 18.0 Å². The summed E-state index contributed by atoms with van der Waals surface area (Å²) >= 11 is 0. The molecule has 0 saturated heterocycles. The summed E-state index contributed by atoms with van der Waals surface area (Å²) in [5.41, 5.74) is 1.69. The van der Waals surface area contributed by atoms with Gasteiger partial charge in [-0.2, -0.15) is 0 Å². The summed E-state index contributed by atoms with van der Waals surface area (Å²) in [6.07, 6.45) is 1.79. The zero-order chi connectivity index (χ0) is 13.2. The second-order valence-corrected chi connectivity index (χ2v) is 4.15. The first-order chi connectivity index (χ1) is 9.24. The van der Waals surface area contributed by atoms with Crippen LogP contribution in [0.15, 0.2) is 39.8 Å². The summed E-state index contributed by atoms with van der Waals surface area (Å²) in [6.45, 7) is 1.63.